The van der Waals surface area contributed by atoms with Gasteiger partial charge in [-0.25, -0.2) is 0 Å². The standard InChI is InChI=1S/C60H32N2O4/c1-5-19-51-35(11-1)39-15-9-17-49(57(39)63-51)61-45-27-23-33(31-43(45)55-47(61)29-25-41-37-13-3-7-21-53(37)65-59(41)55)34-24-28-46-44(32-34)56-48(30-26-42-38-14-4-8-22-54(38)66-60(42)56)62(46)50-18-10-16-40-36-12-2-6-20-52(36)64-58(40)50/h1-32H. The van der Waals surface area contributed by atoms with Crippen LogP contribution in [0.3, 0.4) is 0 Å². The number of aromatic nitrogens is 2. The van der Waals surface area contributed by atoms with Gasteiger partial charge in [-0.15, -0.1) is 0 Å². The molecule has 16 rings (SSSR count). The fraction of sp³-hybridized carbons (Fsp3) is 0. The molecule has 10 aromatic carbocycles. The number of hydrogen-bond acceptors (Lipinski definition) is 4. The lowest BCUT2D eigenvalue weighted by atomic mass is 9.99. The van der Waals surface area contributed by atoms with Crippen LogP contribution in [0.1, 0.15) is 0 Å². The summed E-state index contributed by atoms with van der Waals surface area (Å²) in [5.41, 5.74) is 15.3. The molecule has 66 heavy (non-hydrogen) atoms. The molecule has 306 valence electrons. The van der Waals surface area contributed by atoms with Gasteiger partial charge in [-0.2, -0.15) is 0 Å². The van der Waals surface area contributed by atoms with Crippen LogP contribution in [-0.2, 0) is 0 Å². The van der Waals surface area contributed by atoms with Crippen molar-refractivity contribution in [3.63, 3.8) is 0 Å². The third-order valence-electron chi connectivity index (χ3n) is 14.1. The second-order valence-electron chi connectivity index (χ2n) is 17.5. The van der Waals surface area contributed by atoms with Gasteiger partial charge < -0.3 is 26.8 Å². The molecule has 0 saturated heterocycles. The lowest BCUT2D eigenvalue weighted by Gasteiger charge is -2.10. The van der Waals surface area contributed by atoms with Gasteiger partial charge in [0.05, 0.1) is 44.2 Å². The van der Waals surface area contributed by atoms with Gasteiger partial charge in [-0.3, -0.25) is 0 Å². The maximum Gasteiger partial charge on any atom is 0.159 e. The van der Waals surface area contributed by atoms with Crippen LogP contribution in [-0.4, -0.2) is 9.13 Å². The minimum Gasteiger partial charge on any atom is -0.455 e. The second-order valence-corrected chi connectivity index (χ2v) is 17.5. The molecule has 0 bridgehead atoms. The first-order valence-electron chi connectivity index (χ1n) is 22.3. The lowest BCUT2D eigenvalue weighted by Crippen LogP contribution is -1.94. The van der Waals surface area contributed by atoms with E-state index in [1.165, 1.54) is 0 Å². The molecule has 0 N–H and O–H groups in total. The summed E-state index contributed by atoms with van der Waals surface area (Å²) in [6, 6.07) is 68.6. The minimum absolute atomic E-state index is 0.850. The average Bonchev–Trinajstić information content (AvgIpc) is 4.22. The zero-order valence-electron chi connectivity index (χ0n) is 35.0. The van der Waals surface area contributed by atoms with Gasteiger partial charge in [0.15, 0.2) is 11.2 Å². The van der Waals surface area contributed by atoms with Crippen molar-refractivity contribution in [2.45, 2.75) is 0 Å². The zero-order chi connectivity index (χ0) is 42.8. The highest BCUT2D eigenvalue weighted by atomic mass is 16.3. The highest BCUT2D eigenvalue weighted by molar-refractivity contribution is 6.27. The van der Waals surface area contributed by atoms with E-state index in [0.29, 0.717) is 0 Å². The Bertz CT molecular complexity index is 4470. The fourth-order valence-corrected chi connectivity index (χ4v) is 11.3. The molecule has 0 aliphatic heterocycles. The topological polar surface area (TPSA) is 62.4 Å². The number of nitrogens with zero attached hydrogens (tertiary/aromatic N) is 2. The number of rotatable bonds is 3. The Hall–Kier alpha value is -9.00. The summed E-state index contributed by atoms with van der Waals surface area (Å²) in [4.78, 5) is 0. The van der Waals surface area contributed by atoms with Crippen molar-refractivity contribution < 1.29 is 17.7 Å². The molecular formula is C60H32N2O4. The summed E-state index contributed by atoms with van der Waals surface area (Å²) in [6.07, 6.45) is 0. The van der Waals surface area contributed by atoms with Crippen LogP contribution in [0.2, 0.25) is 0 Å². The van der Waals surface area contributed by atoms with Crippen molar-refractivity contribution in [1.29, 1.82) is 0 Å². The number of hydrogen-bond donors (Lipinski definition) is 0. The molecule has 0 fully saturated rings. The third-order valence-corrected chi connectivity index (χ3v) is 14.1. The lowest BCUT2D eigenvalue weighted by molar-refractivity contribution is 0.666. The molecule has 6 heterocycles. The maximum absolute atomic E-state index is 6.81. The van der Waals surface area contributed by atoms with Gasteiger partial charge in [0.1, 0.15) is 33.5 Å². The summed E-state index contributed by atoms with van der Waals surface area (Å²) in [5, 5.41) is 13.1. The van der Waals surface area contributed by atoms with Crippen LogP contribution in [0.25, 0.3) is 154 Å². The smallest absolute Gasteiger partial charge is 0.159 e. The highest BCUT2D eigenvalue weighted by Gasteiger charge is 2.25. The highest BCUT2D eigenvalue weighted by Crippen LogP contribution is 2.46. The van der Waals surface area contributed by atoms with Gasteiger partial charge >= 0.3 is 0 Å². The van der Waals surface area contributed by atoms with Gasteiger partial charge in [-0.05, 0) is 96.1 Å². The normalized spacial score (nSPS) is 12.5. The average molecular weight is 845 g/mol. The number of furan rings is 4. The molecule has 0 unspecified atom stereocenters. The predicted octanol–water partition coefficient (Wildman–Crippen LogP) is 17.1. The van der Waals surface area contributed by atoms with Gasteiger partial charge in [0.2, 0.25) is 0 Å². The number of para-hydroxylation sites is 6. The Kier molecular flexibility index (Phi) is 6.47. The number of fused-ring (bicyclic) bond motifs is 20. The predicted molar refractivity (Wildman–Crippen MR) is 270 cm³/mol. The van der Waals surface area contributed by atoms with Crippen LogP contribution in [0, 0.1) is 0 Å². The monoisotopic (exact) mass is 844 g/mol. The largest absolute Gasteiger partial charge is 0.455 e. The quantitative estimate of drug-likeness (QED) is 0.178. The Morgan fingerprint density at radius 1 is 0.242 bits per heavy atom. The van der Waals surface area contributed by atoms with E-state index in [2.05, 4.69) is 167 Å². The first-order chi connectivity index (χ1) is 32.7. The van der Waals surface area contributed by atoms with E-state index in [9.17, 15) is 0 Å². The summed E-state index contributed by atoms with van der Waals surface area (Å²) < 4.78 is 31.7. The Morgan fingerprint density at radius 2 is 0.576 bits per heavy atom. The molecule has 0 amide bonds. The van der Waals surface area contributed by atoms with E-state index in [1.807, 2.05) is 36.4 Å². The van der Waals surface area contributed by atoms with Crippen LogP contribution < -0.4 is 0 Å². The van der Waals surface area contributed by atoms with Crippen LogP contribution in [0.4, 0.5) is 0 Å². The molecule has 0 spiro atoms. The van der Waals surface area contributed by atoms with Crippen molar-refractivity contribution >= 4 is 131 Å². The molecule has 0 atom stereocenters. The third kappa shape index (κ3) is 4.40. The molecule has 0 aliphatic carbocycles. The van der Waals surface area contributed by atoms with Crippen molar-refractivity contribution in [3.8, 4) is 22.5 Å². The molecule has 6 aromatic heterocycles. The summed E-state index contributed by atoms with van der Waals surface area (Å²) in [5.74, 6) is 0. The van der Waals surface area contributed by atoms with Gasteiger partial charge in [0, 0.05) is 53.9 Å². The molecular weight excluding hydrogens is 813 g/mol. The SMILES string of the molecule is c1ccc2c(c1)oc1c(-n3c4ccc(-c5ccc6c(c5)c5c7oc8ccccc8c7ccc5n6-c5cccc6c5oc5ccccc56)cc4c4c5oc6ccccc6c5ccc43)cccc12. The van der Waals surface area contributed by atoms with Crippen LogP contribution in [0.5, 0.6) is 0 Å². The summed E-state index contributed by atoms with van der Waals surface area (Å²) in [6.45, 7) is 0. The molecule has 0 aliphatic rings. The zero-order valence-corrected chi connectivity index (χ0v) is 35.0. The Labute approximate surface area is 373 Å². The molecule has 16 aromatic rings. The molecule has 6 nitrogen and oxygen atoms in total. The Morgan fingerprint density at radius 3 is 0.985 bits per heavy atom. The van der Waals surface area contributed by atoms with Gasteiger partial charge in [0.25, 0.3) is 0 Å². The van der Waals surface area contributed by atoms with Crippen LogP contribution in [0.15, 0.2) is 212 Å². The van der Waals surface area contributed by atoms with E-state index in [0.717, 1.165) is 154 Å². The molecule has 0 saturated carbocycles. The fourth-order valence-electron chi connectivity index (χ4n) is 11.3. The molecule has 6 heteroatoms. The minimum atomic E-state index is 0.850. The first-order valence-corrected chi connectivity index (χ1v) is 22.3. The van der Waals surface area contributed by atoms with Crippen LogP contribution >= 0.6 is 0 Å². The second kappa shape index (κ2) is 12.4. The van der Waals surface area contributed by atoms with Crippen molar-refractivity contribution in [2.24, 2.45) is 0 Å². The van der Waals surface area contributed by atoms with Crippen molar-refractivity contribution in [1.82, 2.24) is 9.13 Å². The number of benzene rings is 10. The molecule has 0 radical (unpaired) electrons. The first kappa shape index (κ1) is 34.5. The van der Waals surface area contributed by atoms with E-state index in [4.69, 9.17) is 17.7 Å². The summed E-state index contributed by atoms with van der Waals surface area (Å²) >= 11 is 0. The van der Waals surface area contributed by atoms with E-state index >= 15 is 0 Å². The van der Waals surface area contributed by atoms with Gasteiger partial charge in [-0.1, -0.05) is 109 Å². The van der Waals surface area contributed by atoms with Crippen molar-refractivity contribution in [2.75, 3.05) is 0 Å². The van der Waals surface area contributed by atoms with E-state index in [1.54, 1.807) is 0 Å². The summed E-state index contributed by atoms with van der Waals surface area (Å²) in [7, 11) is 0. The van der Waals surface area contributed by atoms with E-state index in [-0.39, 0.29) is 0 Å². The Balaban J connectivity index is 0.991. The van der Waals surface area contributed by atoms with Crippen molar-refractivity contribution in [3.05, 3.63) is 194 Å². The maximum atomic E-state index is 6.81. The van der Waals surface area contributed by atoms with E-state index < -0.39 is 0 Å².